The number of likely N-dealkylation sites (N-methyl/N-ethyl adjacent to an activating group) is 1. The number of fused-ring (bicyclic) bond motifs is 2. The van der Waals surface area contributed by atoms with Gasteiger partial charge in [0.1, 0.15) is 0 Å². The fourth-order valence-electron chi connectivity index (χ4n) is 4.92. The fourth-order valence-corrected chi connectivity index (χ4v) is 5.19. The molecule has 0 bridgehead atoms. The Kier molecular flexibility index (Phi) is 7.22. The normalized spacial score (nSPS) is 19.2. The van der Waals surface area contributed by atoms with Crippen molar-refractivity contribution >= 4 is 44.0 Å². The van der Waals surface area contributed by atoms with Crippen LogP contribution in [0.15, 0.2) is 59.2 Å². The molecule has 0 saturated carbocycles. The van der Waals surface area contributed by atoms with Gasteiger partial charge in [0.05, 0.1) is 5.92 Å². The van der Waals surface area contributed by atoms with Crippen molar-refractivity contribution in [2.75, 3.05) is 32.1 Å². The maximum absolute atomic E-state index is 12.9. The van der Waals surface area contributed by atoms with Crippen molar-refractivity contribution in [3.8, 4) is 0 Å². The predicted octanol–water partition coefficient (Wildman–Crippen LogP) is 4.64. The zero-order valence-corrected chi connectivity index (χ0v) is 21.0. The van der Waals surface area contributed by atoms with E-state index in [1.165, 1.54) is 27.6 Å². The third-order valence-corrected chi connectivity index (χ3v) is 7.20. The Labute approximate surface area is 203 Å². The molecule has 33 heavy (non-hydrogen) atoms. The molecule has 0 saturated heterocycles. The quantitative estimate of drug-likeness (QED) is 0.353. The number of nitrogens with one attached hydrogen (secondary N) is 2. The van der Waals surface area contributed by atoms with Crippen molar-refractivity contribution in [3.05, 3.63) is 70.3 Å². The van der Waals surface area contributed by atoms with Crippen LogP contribution < -0.4 is 11.3 Å². The summed E-state index contributed by atoms with van der Waals surface area (Å²) in [5.74, 6) is 5.34. The summed E-state index contributed by atoms with van der Waals surface area (Å²) >= 11 is 3.31. The van der Waals surface area contributed by atoms with Crippen molar-refractivity contribution in [1.82, 2.24) is 14.8 Å². The van der Waals surface area contributed by atoms with Crippen molar-refractivity contribution in [2.45, 2.75) is 26.3 Å². The number of hydrogen-bond donors (Lipinski definition) is 3. The Hall–Kier alpha value is -2.61. The fraction of sp³-hybridized carbons (Fsp3) is 0.346. The van der Waals surface area contributed by atoms with Crippen LogP contribution in [-0.2, 0) is 11.2 Å². The molecule has 1 aromatic heterocycles. The number of hydrogen-bond acceptors (Lipinski definition) is 4. The largest absolute Gasteiger partial charge is 0.361 e. The number of rotatable bonds is 4. The molecule has 0 unspecified atom stereocenters. The highest BCUT2D eigenvalue weighted by atomic mass is 79.9. The van der Waals surface area contributed by atoms with Crippen LogP contribution in [0.1, 0.15) is 25.0 Å². The lowest BCUT2D eigenvalue weighted by molar-refractivity contribution is -0.134. The molecule has 7 heteroatoms. The summed E-state index contributed by atoms with van der Waals surface area (Å²) in [5.41, 5.74) is 8.66. The van der Waals surface area contributed by atoms with Gasteiger partial charge in [-0.05, 0) is 74.3 Å². The maximum Gasteiger partial charge on any atom is 0.230 e. The minimum absolute atomic E-state index is 0.0445. The number of benzene rings is 2. The number of halogens is 1. The number of carbonyl (C=O) groups is 1. The van der Waals surface area contributed by atoms with E-state index in [2.05, 4.69) is 82.6 Å². The first kappa shape index (κ1) is 23.5. The van der Waals surface area contributed by atoms with Gasteiger partial charge in [-0.25, -0.2) is 0 Å². The second-order valence-corrected chi connectivity index (χ2v) is 9.51. The van der Waals surface area contributed by atoms with E-state index < -0.39 is 0 Å². The molecule has 2 atom stereocenters. The van der Waals surface area contributed by atoms with Gasteiger partial charge in [-0.2, -0.15) is 0 Å². The van der Waals surface area contributed by atoms with Gasteiger partial charge in [0.25, 0.3) is 0 Å². The zero-order valence-electron chi connectivity index (χ0n) is 19.4. The highest BCUT2D eigenvalue weighted by Crippen LogP contribution is 2.40. The van der Waals surface area contributed by atoms with Crippen molar-refractivity contribution in [2.24, 2.45) is 11.8 Å². The second-order valence-electron chi connectivity index (χ2n) is 8.59. The van der Waals surface area contributed by atoms with Crippen molar-refractivity contribution < 1.29 is 4.79 Å². The number of aromatic nitrogens is 1. The average Bonchev–Trinajstić information content (AvgIpc) is 3.25. The van der Waals surface area contributed by atoms with E-state index >= 15 is 0 Å². The number of H-pyrrole nitrogens is 1. The first-order valence-corrected chi connectivity index (χ1v) is 12.3. The Bertz CT molecular complexity index is 1150. The van der Waals surface area contributed by atoms with Crippen LogP contribution in [0, 0.1) is 5.92 Å². The smallest absolute Gasteiger partial charge is 0.230 e. The van der Waals surface area contributed by atoms with E-state index in [0.717, 1.165) is 36.2 Å². The standard InChI is InChI=1S/C20H25N3O.C6H7BrN2/c1-4-23(5-2)20(24)14-9-16-15-7-6-8-17-19(15)13(11-21-17)10-18(16)22(3)12-14;7-5-1-3-6(9-8)4-2-5/h6-9,11,14,18,21H,4-5,10,12H2,1-3H3;1-4,9H,8H2/t14-,18-;/m1./s1. The molecule has 1 aliphatic heterocycles. The lowest BCUT2D eigenvalue weighted by atomic mass is 9.79. The number of nitrogen functional groups attached to an aromatic ring is 1. The molecule has 2 aliphatic rings. The van der Waals surface area contributed by atoms with Crippen LogP contribution in [0.25, 0.3) is 16.5 Å². The van der Waals surface area contributed by atoms with Crippen LogP contribution in [0.4, 0.5) is 5.69 Å². The van der Waals surface area contributed by atoms with Crippen LogP contribution >= 0.6 is 15.9 Å². The minimum atomic E-state index is -0.0445. The highest BCUT2D eigenvalue weighted by molar-refractivity contribution is 9.10. The van der Waals surface area contributed by atoms with Gasteiger partial charge in [-0.1, -0.05) is 34.1 Å². The second kappa shape index (κ2) is 10.1. The molecule has 0 radical (unpaired) electrons. The van der Waals surface area contributed by atoms with E-state index in [0.29, 0.717) is 6.04 Å². The number of carbonyl (C=O) groups excluding carboxylic acids is 1. The lowest BCUT2D eigenvalue weighted by Crippen LogP contribution is -2.47. The molecular weight excluding hydrogens is 478 g/mol. The van der Waals surface area contributed by atoms with Crippen LogP contribution in [0.5, 0.6) is 0 Å². The van der Waals surface area contributed by atoms with Gasteiger partial charge in [-0.3, -0.25) is 15.5 Å². The van der Waals surface area contributed by atoms with E-state index in [9.17, 15) is 4.79 Å². The van der Waals surface area contributed by atoms with Gasteiger partial charge < -0.3 is 15.3 Å². The molecule has 1 aliphatic carbocycles. The topological polar surface area (TPSA) is 77.4 Å². The van der Waals surface area contributed by atoms with Gasteiger partial charge in [0.15, 0.2) is 0 Å². The molecule has 5 rings (SSSR count). The summed E-state index contributed by atoms with van der Waals surface area (Å²) in [5, 5.41) is 1.34. The molecule has 174 valence electrons. The predicted molar refractivity (Wildman–Crippen MR) is 140 cm³/mol. The summed E-state index contributed by atoms with van der Waals surface area (Å²) in [6.07, 6.45) is 5.41. The first-order chi connectivity index (χ1) is 16.0. The van der Waals surface area contributed by atoms with Gasteiger partial charge in [0, 0.05) is 52.9 Å². The first-order valence-electron chi connectivity index (χ1n) is 11.5. The third-order valence-electron chi connectivity index (χ3n) is 6.67. The van der Waals surface area contributed by atoms with E-state index in [1.54, 1.807) is 0 Å². The summed E-state index contributed by atoms with van der Waals surface area (Å²) < 4.78 is 1.06. The summed E-state index contributed by atoms with van der Waals surface area (Å²) in [4.78, 5) is 20.6. The number of nitrogens with zero attached hydrogens (tertiary/aromatic N) is 2. The molecule has 4 N–H and O–H groups in total. The molecule has 2 aromatic carbocycles. The number of nitrogens with two attached hydrogens (primary N) is 1. The average molecular weight is 510 g/mol. The molecule has 0 fully saturated rings. The van der Waals surface area contributed by atoms with Crippen LogP contribution in [0.2, 0.25) is 0 Å². The maximum atomic E-state index is 12.9. The number of anilines is 1. The van der Waals surface area contributed by atoms with Crippen LogP contribution in [0.3, 0.4) is 0 Å². The monoisotopic (exact) mass is 509 g/mol. The molecular formula is C26H32BrN5O. The molecule has 3 aromatic rings. The molecule has 0 spiro atoms. The van der Waals surface area contributed by atoms with Crippen LogP contribution in [-0.4, -0.2) is 53.4 Å². The highest BCUT2D eigenvalue weighted by Gasteiger charge is 2.36. The third kappa shape index (κ3) is 4.71. The zero-order chi connectivity index (χ0) is 23.5. The summed E-state index contributed by atoms with van der Waals surface area (Å²) in [6.45, 7) is 6.47. The number of amides is 1. The Morgan fingerprint density at radius 2 is 1.94 bits per heavy atom. The van der Waals surface area contributed by atoms with E-state index in [1.807, 2.05) is 29.2 Å². The van der Waals surface area contributed by atoms with Gasteiger partial charge in [-0.15, -0.1) is 0 Å². The van der Waals surface area contributed by atoms with Crippen molar-refractivity contribution in [1.29, 1.82) is 0 Å². The lowest BCUT2D eigenvalue weighted by Gasteiger charge is -2.40. The van der Waals surface area contributed by atoms with Gasteiger partial charge >= 0.3 is 0 Å². The van der Waals surface area contributed by atoms with Crippen molar-refractivity contribution in [3.63, 3.8) is 0 Å². The summed E-state index contributed by atoms with van der Waals surface area (Å²) in [6, 6.07) is 14.5. The minimum Gasteiger partial charge on any atom is -0.361 e. The Morgan fingerprint density at radius 3 is 2.61 bits per heavy atom. The Balaban J connectivity index is 0.000000243. The van der Waals surface area contributed by atoms with E-state index in [-0.39, 0.29) is 11.8 Å². The molecule has 6 nitrogen and oxygen atoms in total. The Morgan fingerprint density at radius 1 is 1.21 bits per heavy atom. The van der Waals surface area contributed by atoms with Gasteiger partial charge in [0.2, 0.25) is 5.91 Å². The molecule has 2 heterocycles. The SMILES string of the molecule is CCN(CC)C(=O)[C@@H]1C=C2c3cccc4[nH]cc(c34)C[C@H]2N(C)C1.NNc1ccc(Br)cc1. The summed E-state index contributed by atoms with van der Waals surface area (Å²) in [7, 11) is 2.15. The van der Waals surface area contributed by atoms with E-state index in [4.69, 9.17) is 5.84 Å². The molecule has 1 amide bonds. The number of aromatic amines is 1. The number of hydrazine groups is 1.